The molecule has 1 aromatic carbocycles. The van der Waals surface area contributed by atoms with Crippen LogP contribution in [0.4, 0.5) is 10.1 Å². The Kier molecular flexibility index (Phi) is 3.85. The lowest BCUT2D eigenvalue weighted by atomic mass is 10.1. The monoisotopic (exact) mass is 237 g/mol. The van der Waals surface area contributed by atoms with Gasteiger partial charge < -0.3 is 14.8 Å². The van der Waals surface area contributed by atoms with E-state index in [-0.39, 0.29) is 17.7 Å². The van der Waals surface area contributed by atoms with E-state index < -0.39 is 0 Å². The predicted octanol–water partition coefficient (Wildman–Crippen LogP) is 2.94. The van der Waals surface area contributed by atoms with Crippen molar-refractivity contribution in [3.05, 3.63) is 36.4 Å². The molecule has 3 nitrogen and oxygen atoms in total. The number of benzene rings is 1. The van der Waals surface area contributed by atoms with E-state index in [1.165, 1.54) is 13.2 Å². The van der Waals surface area contributed by atoms with Crippen molar-refractivity contribution >= 4 is 5.69 Å². The minimum atomic E-state index is -0.352. The van der Waals surface area contributed by atoms with Crippen molar-refractivity contribution in [3.8, 4) is 5.75 Å². The maximum absolute atomic E-state index is 13.2. The largest absolute Gasteiger partial charge is 0.497 e. The predicted molar refractivity (Wildman–Crippen MR) is 64.7 cm³/mol. The van der Waals surface area contributed by atoms with Gasteiger partial charge in [0.25, 0.3) is 0 Å². The molecule has 1 aliphatic heterocycles. The van der Waals surface area contributed by atoms with Crippen LogP contribution in [0.5, 0.6) is 5.75 Å². The second-order valence-corrected chi connectivity index (χ2v) is 3.94. The Bertz CT molecular complexity index is 406. The molecule has 0 bridgehead atoms. The van der Waals surface area contributed by atoms with Gasteiger partial charge in [-0.05, 0) is 31.1 Å². The molecule has 0 spiro atoms. The van der Waals surface area contributed by atoms with Gasteiger partial charge in [0.15, 0.2) is 11.6 Å². The van der Waals surface area contributed by atoms with E-state index in [1.807, 2.05) is 6.08 Å². The minimum absolute atomic E-state index is 0.177. The molecule has 1 atom stereocenters. The molecule has 1 aromatic rings. The standard InChI is InChI=1S/C13H16FNO2/c1-16-13-8-10(5-6-12(13)14)15-9-11-4-2-3-7-17-11/h3,5-8,11,15H,2,4,9H2,1H3. The number of anilines is 1. The first-order valence-electron chi connectivity index (χ1n) is 5.67. The highest BCUT2D eigenvalue weighted by atomic mass is 19.1. The van der Waals surface area contributed by atoms with Gasteiger partial charge in [0.2, 0.25) is 0 Å². The third-order valence-corrected chi connectivity index (χ3v) is 2.71. The quantitative estimate of drug-likeness (QED) is 0.873. The SMILES string of the molecule is COc1cc(NCC2CCC=CO2)ccc1F. The molecular formula is C13H16FNO2. The Labute approximate surface area is 100 Å². The average Bonchev–Trinajstić information content (AvgIpc) is 2.39. The molecule has 92 valence electrons. The Morgan fingerprint density at radius 1 is 1.53 bits per heavy atom. The zero-order valence-electron chi connectivity index (χ0n) is 9.78. The van der Waals surface area contributed by atoms with Crippen molar-refractivity contribution in [2.75, 3.05) is 19.0 Å². The van der Waals surface area contributed by atoms with Crippen LogP contribution in [0.15, 0.2) is 30.5 Å². The van der Waals surface area contributed by atoms with Gasteiger partial charge in [-0.3, -0.25) is 0 Å². The lowest BCUT2D eigenvalue weighted by Gasteiger charge is -2.20. The highest BCUT2D eigenvalue weighted by Gasteiger charge is 2.11. The summed E-state index contributed by atoms with van der Waals surface area (Å²) in [4.78, 5) is 0. The molecule has 1 aliphatic rings. The molecule has 0 saturated carbocycles. The lowest BCUT2D eigenvalue weighted by molar-refractivity contribution is 0.135. The van der Waals surface area contributed by atoms with E-state index in [0.29, 0.717) is 6.54 Å². The summed E-state index contributed by atoms with van der Waals surface area (Å²) < 4.78 is 23.5. The molecule has 4 heteroatoms. The van der Waals surface area contributed by atoms with Gasteiger partial charge in [-0.15, -0.1) is 0 Å². The van der Waals surface area contributed by atoms with Crippen molar-refractivity contribution in [1.29, 1.82) is 0 Å². The van der Waals surface area contributed by atoms with Gasteiger partial charge >= 0.3 is 0 Å². The number of halogens is 1. The smallest absolute Gasteiger partial charge is 0.165 e. The second-order valence-electron chi connectivity index (χ2n) is 3.94. The summed E-state index contributed by atoms with van der Waals surface area (Å²) in [6, 6.07) is 4.73. The number of hydrogen-bond donors (Lipinski definition) is 1. The Hall–Kier alpha value is -1.71. The van der Waals surface area contributed by atoms with Gasteiger partial charge in [-0.1, -0.05) is 0 Å². The van der Waals surface area contributed by atoms with Crippen LogP contribution in [0.3, 0.4) is 0 Å². The highest BCUT2D eigenvalue weighted by molar-refractivity contribution is 5.48. The van der Waals surface area contributed by atoms with Gasteiger partial charge in [-0.2, -0.15) is 0 Å². The third kappa shape index (κ3) is 3.12. The van der Waals surface area contributed by atoms with Crippen LogP contribution >= 0.6 is 0 Å². The van der Waals surface area contributed by atoms with Crippen molar-refractivity contribution < 1.29 is 13.9 Å². The summed E-state index contributed by atoms with van der Waals surface area (Å²) in [6.45, 7) is 0.707. The molecule has 1 unspecified atom stereocenters. The summed E-state index contributed by atoms with van der Waals surface area (Å²) >= 11 is 0. The van der Waals surface area contributed by atoms with E-state index in [9.17, 15) is 4.39 Å². The maximum atomic E-state index is 13.2. The van der Waals surface area contributed by atoms with Crippen LogP contribution in [0.25, 0.3) is 0 Å². The molecule has 0 saturated heterocycles. The third-order valence-electron chi connectivity index (χ3n) is 2.71. The topological polar surface area (TPSA) is 30.5 Å². The van der Waals surface area contributed by atoms with Gasteiger partial charge in [0.1, 0.15) is 6.10 Å². The lowest BCUT2D eigenvalue weighted by Crippen LogP contribution is -2.22. The number of ether oxygens (including phenoxy) is 2. The zero-order chi connectivity index (χ0) is 12.1. The number of rotatable bonds is 4. The van der Waals surface area contributed by atoms with Crippen LogP contribution in [0.2, 0.25) is 0 Å². The van der Waals surface area contributed by atoms with Crippen molar-refractivity contribution in [2.45, 2.75) is 18.9 Å². The molecular weight excluding hydrogens is 221 g/mol. The number of hydrogen-bond acceptors (Lipinski definition) is 3. The summed E-state index contributed by atoms with van der Waals surface area (Å²) in [5, 5.41) is 3.21. The number of methoxy groups -OCH3 is 1. The molecule has 0 radical (unpaired) electrons. The first kappa shape index (κ1) is 11.8. The fraction of sp³-hybridized carbons (Fsp3) is 0.385. The normalized spacial score (nSPS) is 18.6. The van der Waals surface area contributed by atoms with Crippen LogP contribution in [-0.4, -0.2) is 19.8 Å². The number of allylic oxidation sites excluding steroid dienone is 1. The Morgan fingerprint density at radius 3 is 3.12 bits per heavy atom. The number of nitrogens with one attached hydrogen (secondary N) is 1. The molecule has 17 heavy (non-hydrogen) atoms. The molecule has 0 amide bonds. The first-order chi connectivity index (χ1) is 8.29. The van der Waals surface area contributed by atoms with Crippen LogP contribution < -0.4 is 10.1 Å². The first-order valence-corrected chi connectivity index (χ1v) is 5.67. The van der Waals surface area contributed by atoms with E-state index in [1.54, 1.807) is 18.4 Å². The fourth-order valence-corrected chi connectivity index (χ4v) is 1.74. The summed E-state index contributed by atoms with van der Waals surface area (Å²) in [6.07, 6.45) is 5.97. The highest BCUT2D eigenvalue weighted by Crippen LogP contribution is 2.21. The average molecular weight is 237 g/mol. The molecule has 0 aliphatic carbocycles. The van der Waals surface area contributed by atoms with Crippen molar-refractivity contribution in [1.82, 2.24) is 0 Å². The fourth-order valence-electron chi connectivity index (χ4n) is 1.74. The molecule has 1 N–H and O–H groups in total. The Balaban J connectivity index is 1.92. The van der Waals surface area contributed by atoms with Gasteiger partial charge in [0.05, 0.1) is 19.9 Å². The second kappa shape index (κ2) is 5.57. The van der Waals surface area contributed by atoms with E-state index in [4.69, 9.17) is 9.47 Å². The summed E-state index contributed by atoms with van der Waals surface area (Å²) in [5.74, 6) is -0.102. The van der Waals surface area contributed by atoms with E-state index in [2.05, 4.69) is 5.32 Å². The van der Waals surface area contributed by atoms with E-state index in [0.717, 1.165) is 18.5 Å². The Morgan fingerprint density at radius 2 is 2.41 bits per heavy atom. The molecule has 0 fully saturated rings. The van der Waals surface area contributed by atoms with Crippen LogP contribution in [0.1, 0.15) is 12.8 Å². The van der Waals surface area contributed by atoms with Crippen molar-refractivity contribution in [3.63, 3.8) is 0 Å². The molecule has 0 aromatic heterocycles. The van der Waals surface area contributed by atoms with Crippen LogP contribution in [0, 0.1) is 5.82 Å². The zero-order valence-corrected chi connectivity index (χ0v) is 9.78. The van der Waals surface area contributed by atoms with E-state index >= 15 is 0 Å². The molecule has 2 rings (SSSR count). The maximum Gasteiger partial charge on any atom is 0.165 e. The summed E-state index contributed by atoms with van der Waals surface area (Å²) in [5.41, 5.74) is 0.835. The van der Waals surface area contributed by atoms with Crippen LogP contribution in [-0.2, 0) is 4.74 Å². The minimum Gasteiger partial charge on any atom is -0.497 e. The van der Waals surface area contributed by atoms with Gasteiger partial charge in [0, 0.05) is 11.8 Å². The van der Waals surface area contributed by atoms with Crippen molar-refractivity contribution in [2.24, 2.45) is 0 Å². The summed E-state index contributed by atoms with van der Waals surface area (Å²) in [7, 11) is 1.46. The van der Waals surface area contributed by atoms with Gasteiger partial charge in [-0.25, -0.2) is 4.39 Å². The molecule has 1 heterocycles.